The molecule has 0 radical (unpaired) electrons. The molecule has 0 aromatic carbocycles. The molecule has 2 aliphatic heterocycles. The maximum Gasteiger partial charge on any atom is 0.274 e. The molecule has 23 heavy (non-hydrogen) atoms. The second kappa shape index (κ2) is 6.16. The van der Waals surface area contributed by atoms with E-state index in [1.165, 1.54) is 12.4 Å². The van der Waals surface area contributed by atoms with Crippen LogP contribution >= 0.6 is 0 Å². The third-order valence-electron chi connectivity index (χ3n) is 4.89. The normalized spacial score (nSPS) is 25.9. The van der Waals surface area contributed by atoms with Crippen LogP contribution in [0.1, 0.15) is 36.7 Å². The molecule has 1 aromatic rings. The Bertz CT molecular complexity index is 679. The Morgan fingerprint density at radius 2 is 2.09 bits per heavy atom. The van der Waals surface area contributed by atoms with Crippen LogP contribution in [0.3, 0.4) is 0 Å². The summed E-state index contributed by atoms with van der Waals surface area (Å²) in [5.41, 5.74) is 0.235. The number of hydrogen-bond donors (Lipinski definition) is 0. The number of nitrogens with zero attached hydrogens (tertiary/aromatic N) is 4. The average Bonchev–Trinajstić information content (AvgIpc) is 2.99. The third kappa shape index (κ3) is 3.23. The van der Waals surface area contributed by atoms with Crippen molar-refractivity contribution in [3.8, 4) is 0 Å². The summed E-state index contributed by atoms with van der Waals surface area (Å²) in [5, 5.41) is 0. The van der Waals surface area contributed by atoms with Crippen LogP contribution in [0.4, 0.5) is 0 Å². The van der Waals surface area contributed by atoms with Gasteiger partial charge in [-0.05, 0) is 26.2 Å². The van der Waals surface area contributed by atoms with Gasteiger partial charge in [-0.1, -0.05) is 0 Å². The van der Waals surface area contributed by atoms with E-state index in [0.717, 1.165) is 19.3 Å². The molecule has 7 nitrogen and oxygen atoms in total. The molecular weight excluding hydrogens is 316 g/mol. The maximum atomic E-state index is 12.6. The van der Waals surface area contributed by atoms with Crippen molar-refractivity contribution in [2.45, 2.75) is 26.2 Å². The zero-order valence-corrected chi connectivity index (χ0v) is 14.1. The first-order valence-corrected chi connectivity index (χ1v) is 9.60. The lowest BCUT2D eigenvalue weighted by molar-refractivity contribution is 0.0537. The highest BCUT2D eigenvalue weighted by Gasteiger charge is 2.45. The SMILES string of the molecule is CCS(=O)(=O)N1CC[C@]2(CCCN(C(=O)c3cnccn3)C2)C1. The summed E-state index contributed by atoms with van der Waals surface area (Å²) in [6.07, 6.45) is 7.21. The van der Waals surface area contributed by atoms with E-state index in [9.17, 15) is 13.2 Å². The number of aromatic nitrogens is 2. The second-order valence-corrected chi connectivity index (χ2v) is 8.66. The molecule has 1 amide bonds. The molecule has 2 aliphatic rings. The Kier molecular flexibility index (Phi) is 4.37. The van der Waals surface area contributed by atoms with Crippen LogP contribution in [-0.4, -0.2) is 65.4 Å². The Balaban J connectivity index is 1.73. The van der Waals surface area contributed by atoms with Gasteiger partial charge in [-0.25, -0.2) is 17.7 Å². The lowest BCUT2D eigenvalue weighted by Gasteiger charge is -2.40. The number of rotatable bonds is 3. The van der Waals surface area contributed by atoms with E-state index in [2.05, 4.69) is 9.97 Å². The Labute approximate surface area is 136 Å². The van der Waals surface area contributed by atoms with Crippen LogP contribution in [0, 0.1) is 5.41 Å². The molecule has 0 N–H and O–H groups in total. The van der Waals surface area contributed by atoms with Gasteiger partial charge in [-0.15, -0.1) is 0 Å². The lowest BCUT2D eigenvalue weighted by Crippen LogP contribution is -2.48. The number of hydrogen-bond acceptors (Lipinski definition) is 5. The topological polar surface area (TPSA) is 83.5 Å². The largest absolute Gasteiger partial charge is 0.337 e. The summed E-state index contributed by atoms with van der Waals surface area (Å²) in [4.78, 5) is 22.4. The van der Waals surface area contributed by atoms with Gasteiger partial charge in [0.05, 0.1) is 11.9 Å². The summed E-state index contributed by atoms with van der Waals surface area (Å²) >= 11 is 0. The van der Waals surface area contributed by atoms with E-state index in [-0.39, 0.29) is 17.1 Å². The van der Waals surface area contributed by atoms with Crippen LogP contribution in [0.25, 0.3) is 0 Å². The zero-order chi connectivity index (χ0) is 16.5. The molecule has 8 heteroatoms. The first-order chi connectivity index (χ1) is 11.0. The zero-order valence-electron chi connectivity index (χ0n) is 13.3. The molecule has 1 spiro atoms. The Morgan fingerprint density at radius 3 is 2.78 bits per heavy atom. The van der Waals surface area contributed by atoms with Crippen molar-refractivity contribution in [3.63, 3.8) is 0 Å². The van der Waals surface area contributed by atoms with Crippen molar-refractivity contribution in [2.24, 2.45) is 5.41 Å². The van der Waals surface area contributed by atoms with E-state index in [0.29, 0.717) is 31.9 Å². The predicted octanol–water partition coefficient (Wildman–Crippen LogP) is 0.754. The highest BCUT2D eigenvalue weighted by Crippen LogP contribution is 2.40. The van der Waals surface area contributed by atoms with Gasteiger partial charge in [0, 0.05) is 44.0 Å². The van der Waals surface area contributed by atoms with Crippen molar-refractivity contribution in [2.75, 3.05) is 31.9 Å². The molecule has 0 unspecified atom stereocenters. The smallest absolute Gasteiger partial charge is 0.274 e. The molecule has 0 saturated carbocycles. The molecule has 3 heterocycles. The molecule has 1 aromatic heterocycles. The van der Waals surface area contributed by atoms with Crippen molar-refractivity contribution >= 4 is 15.9 Å². The monoisotopic (exact) mass is 338 g/mol. The van der Waals surface area contributed by atoms with E-state index in [4.69, 9.17) is 0 Å². The maximum absolute atomic E-state index is 12.6. The molecule has 126 valence electrons. The van der Waals surface area contributed by atoms with Gasteiger partial charge in [-0.3, -0.25) is 9.78 Å². The summed E-state index contributed by atoms with van der Waals surface area (Å²) in [6, 6.07) is 0. The molecule has 0 bridgehead atoms. The molecular formula is C15H22N4O3S. The number of amides is 1. The number of carbonyl (C=O) groups excluding carboxylic acids is 1. The molecule has 0 aliphatic carbocycles. The highest BCUT2D eigenvalue weighted by atomic mass is 32.2. The Hall–Kier alpha value is -1.54. The van der Waals surface area contributed by atoms with Crippen LogP contribution in [0.15, 0.2) is 18.6 Å². The standard InChI is InChI=1S/C15H22N4O3S/c1-2-23(21,22)19-9-5-15(12-19)4-3-8-18(11-15)14(20)13-10-16-6-7-17-13/h6-7,10H,2-5,8-9,11-12H2,1H3/t15-/m0/s1. The minimum atomic E-state index is -3.16. The van der Waals surface area contributed by atoms with Crippen molar-refractivity contribution in [3.05, 3.63) is 24.3 Å². The number of likely N-dealkylation sites (tertiary alicyclic amines) is 1. The van der Waals surface area contributed by atoms with Gasteiger partial charge in [0.25, 0.3) is 5.91 Å². The van der Waals surface area contributed by atoms with E-state index in [1.54, 1.807) is 22.3 Å². The van der Waals surface area contributed by atoms with Crippen LogP contribution in [-0.2, 0) is 10.0 Å². The fourth-order valence-electron chi connectivity index (χ4n) is 3.60. The quantitative estimate of drug-likeness (QED) is 0.812. The first kappa shape index (κ1) is 16.3. The van der Waals surface area contributed by atoms with E-state index in [1.807, 2.05) is 0 Å². The summed E-state index contributed by atoms with van der Waals surface area (Å²) in [5.74, 6) is 0.0136. The van der Waals surface area contributed by atoms with Gasteiger partial charge < -0.3 is 4.90 Å². The lowest BCUT2D eigenvalue weighted by atomic mass is 9.79. The summed E-state index contributed by atoms with van der Waals surface area (Å²) in [7, 11) is -3.16. The fourth-order valence-corrected chi connectivity index (χ4v) is 4.81. The average molecular weight is 338 g/mol. The summed E-state index contributed by atoms with van der Waals surface area (Å²) in [6.45, 7) is 4.04. The third-order valence-corrected chi connectivity index (χ3v) is 6.72. The van der Waals surface area contributed by atoms with Gasteiger partial charge in [0.2, 0.25) is 10.0 Å². The number of sulfonamides is 1. The van der Waals surface area contributed by atoms with Crippen LogP contribution < -0.4 is 0 Å². The molecule has 1 atom stereocenters. The first-order valence-electron chi connectivity index (χ1n) is 7.99. The number of piperidine rings is 1. The second-order valence-electron chi connectivity index (χ2n) is 6.41. The minimum absolute atomic E-state index is 0.113. The summed E-state index contributed by atoms with van der Waals surface area (Å²) < 4.78 is 25.8. The van der Waals surface area contributed by atoms with Gasteiger partial charge in [0.1, 0.15) is 5.69 Å². The molecule has 2 saturated heterocycles. The Morgan fingerprint density at radius 1 is 1.26 bits per heavy atom. The van der Waals surface area contributed by atoms with Crippen LogP contribution in [0.2, 0.25) is 0 Å². The fraction of sp³-hybridized carbons (Fsp3) is 0.667. The number of carbonyl (C=O) groups is 1. The van der Waals surface area contributed by atoms with Crippen molar-refractivity contribution in [1.82, 2.24) is 19.2 Å². The van der Waals surface area contributed by atoms with Gasteiger partial charge in [0.15, 0.2) is 0 Å². The minimum Gasteiger partial charge on any atom is -0.337 e. The van der Waals surface area contributed by atoms with E-state index < -0.39 is 10.0 Å². The van der Waals surface area contributed by atoms with Crippen molar-refractivity contribution < 1.29 is 13.2 Å². The van der Waals surface area contributed by atoms with Crippen molar-refractivity contribution in [1.29, 1.82) is 0 Å². The van der Waals surface area contributed by atoms with Gasteiger partial charge >= 0.3 is 0 Å². The highest BCUT2D eigenvalue weighted by molar-refractivity contribution is 7.89. The predicted molar refractivity (Wildman–Crippen MR) is 85.3 cm³/mol. The van der Waals surface area contributed by atoms with Gasteiger partial charge in [-0.2, -0.15) is 0 Å². The van der Waals surface area contributed by atoms with E-state index >= 15 is 0 Å². The van der Waals surface area contributed by atoms with Crippen LogP contribution in [0.5, 0.6) is 0 Å². The molecule has 2 fully saturated rings. The molecule has 3 rings (SSSR count).